The number of oxazole rings is 1. The molecule has 0 aromatic carbocycles. The predicted octanol–water partition coefficient (Wildman–Crippen LogP) is 1.79. The number of aromatic nitrogens is 1. The van der Waals surface area contributed by atoms with Gasteiger partial charge >= 0.3 is 0 Å². The third kappa shape index (κ3) is 3.20. The summed E-state index contributed by atoms with van der Waals surface area (Å²) in [5, 5.41) is 1.97. The molecule has 0 atom stereocenters. The average Bonchev–Trinajstić information content (AvgIpc) is 2.85. The molecule has 0 saturated heterocycles. The van der Waals surface area contributed by atoms with E-state index in [4.69, 9.17) is 15.9 Å². The first-order valence-electron chi connectivity index (χ1n) is 4.29. The van der Waals surface area contributed by atoms with Gasteiger partial charge in [-0.15, -0.1) is 35.3 Å². The van der Waals surface area contributed by atoms with E-state index >= 15 is 0 Å². The van der Waals surface area contributed by atoms with E-state index in [-0.39, 0.29) is 29.9 Å². The van der Waals surface area contributed by atoms with Crippen LogP contribution in [0.15, 0.2) is 33.2 Å². The van der Waals surface area contributed by atoms with Crippen LogP contribution in [0.4, 0.5) is 0 Å². The minimum atomic E-state index is 0. The zero-order valence-electron chi connectivity index (χ0n) is 8.29. The smallest absolute Gasteiger partial charge is 0.236 e. The Kier molecular flexibility index (Phi) is 4.74. The molecule has 0 saturated carbocycles. The summed E-state index contributed by atoms with van der Waals surface area (Å²) in [6.07, 6.45) is 1.56. The summed E-state index contributed by atoms with van der Waals surface area (Å²) in [4.78, 5) is 9.08. The first-order chi connectivity index (χ1) is 7.25. The molecular formula is C9H11IN4OS. The summed E-state index contributed by atoms with van der Waals surface area (Å²) < 4.78 is 5.29. The van der Waals surface area contributed by atoms with Gasteiger partial charge in [-0.2, -0.15) is 0 Å². The Labute approximate surface area is 114 Å². The quantitative estimate of drug-likeness (QED) is 0.502. The molecule has 4 N–H and O–H groups in total. The topological polar surface area (TPSA) is 90.4 Å². The Morgan fingerprint density at radius 3 is 2.94 bits per heavy atom. The van der Waals surface area contributed by atoms with Crippen LogP contribution in [0.5, 0.6) is 0 Å². The van der Waals surface area contributed by atoms with Crippen LogP contribution in [0.1, 0.15) is 5.69 Å². The second-order valence-electron chi connectivity index (χ2n) is 2.86. The van der Waals surface area contributed by atoms with Gasteiger partial charge in [0.25, 0.3) is 0 Å². The molecule has 0 unspecified atom stereocenters. The van der Waals surface area contributed by atoms with Crippen molar-refractivity contribution in [3.05, 3.63) is 29.5 Å². The van der Waals surface area contributed by atoms with Gasteiger partial charge < -0.3 is 15.9 Å². The summed E-state index contributed by atoms with van der Waals surface area (Å²) in [6.45, 7) is 0.344. The molecule has 0 spiro atoms. The van der Waals surface area contributed by atoms with Crippen LogP contribution in [-0.4, -0.2) is 10.9 Å². The van der Waals surface area contributed by atoms with Crippen molar-refractivity contribution in [2.75, 3.05) is 0 Å². The number of hydrogen-bond acceptors (Lipinski definition) is 4. The lowest BCUT2D eigenvalue weighted by molar-refractivity contribution is 0.574. The van der Waals surface area contributed by atoms with Crippen molar-refractivity contribution in [2.24, 2.45) is 16.5 Å². The summed E-state index contributed by atoms with van der Waals surface area (Å²) >= 11 is 1.57. The van der Waals surface area contributed by atoms with Gasteiger partial charge in [-0.05, 0) is 11.4 Å². The van der Waals surface area contributed by atoms with Crippen LogP contribution in [0.25, 0.3) is 10.8 Å². The molecule has 2 aromatic heterocycles. The maximum Gasteiger partial charge on any atom is 0.236 e. The first kappa shape index (κ1) is 13.0. The molecule has 5 nitrogen and oxygen atoms in total. The van der Waals surface area contributed by atoms with Gasteiger partial charge in [0, 0.05) is 0 Å². The number of halogens is 1. The highest BCUT2D eigenvalue weighted by Crippen LogP contribution is 2.23. The van der Waals surface area contributed by atoms with Gasteiger partial charge in [0.2, 0.25) is 5.89 Å². The van der Waals surface area contributed by atoms with Gasteiger partial charge in [0.15, 0.2) is 5.96 Å². The zero-order chi connectivity index (χ0) is 10.7. The number of aliphatic imine (C=N–C) groups is 1. The largest absolute Gasteiger partial charge is 0.443 e. The molecular weight excluding hydrogens is 339 g/mol. The van der Waals surface area contributed by atoms with Crippen molar-refractivity contribution in [1.82, 2.24) is 4.98 Å². The minimum absolute atomic E-state index is 0. The van der Waals surface area contributed by atoms with Crippen LogP contribution in [0.2, 0.25) is 0 Å². The highest BCUT2D eigenvalue weighted by atomic mass is 127. The molecule has 2 heterocycles. The number of nitrogens with zero attached hydrogens (tertiary/aromatic N) is 2. The van der Waals surface area contributed by atoms with Gasteiger partial charge in [-0.3, -0.25) is 0 Å². The molecule has 2 aromatic rings. The fourth-order valence-electron chi connectivity index (χ4n) is 1.07. The average molecular weight is 350 g/mol. The van der Waals surface area contributed by atoms with E-state index in [0.717, 1.165) is 4.88 Å². The van der Waals surface area contributed by atoms with E-state index in [1.807, 2.05) is 17.5 Å². The lowest BCUT2D eigenvalue weighted by Gasteiger charge is -1.89. The third-order valence-corrected chi connectivity index (χ3v) is 2.57. The minimum Gasteiger partial charge on any atom is -0.443 e. The molecule has 0 aliphatic carbocycles. The number of nitrogens with two attached hydrogens (primary N) is 2. The van der Waals surface area contributed by atoms with E-state index in [0.29, 0.717) is 18.1 Å². The molecule has 0 amide bonds. The van der Waals surface area contributed by atoms with Crippen LogP contribution in [-0.2, 0) is 6.54 Å². The molecule has 0 aliphatic heterocycles. The fraction of sp³-hybridized carbons (Fsp3) is 0.111. The first-order valence-corrected chi connectivity index (χ1v) is 5.17. The van der Waals surface area contributed by atoms with Gasteiger partial charge in [-0.1, -0.05) is 6.07 Å². The summed E-state index contributed by atoms with van der Waals surface area (Å²) in [6, 6.07) is 3.89. The van der Waals surface area contributed by atoms with E-state index < -0.39 is 0 Å². The van der Waals surface area contributed by atoms with E-state index in [1.54, 1.807) is 17.6 Å². The van der Waals surface area contributed by atoms with Crippen molar-refractivity contribution in [3.8, 4) is 10.8 Å². The summed E-state index contributed by atoms with van der Waals surface area (Å²) in [5.74, 6) is 0.654. The summed E-state index contributed by atoms with van der Waals surface area (Å²) in [5.41, 5.74) is 11.1. The Morgan fingerprint density at radius 2 is 2.31 bits per heavy atom. The molecule has 2 rings (SSSR count). The summed E-state index contributed by atoms with van der Waals surface area (Å²) in [7, 11) is 0. The second kappa shape index (κ2) is 5.85. The van der Waals surface area contributed by atoms with Crippen LogP contribution < -0.4 is 11.5 Å². The predicted molar refractivity (Wildman–Crippen MR) is 74.7 cm³/mol. The van der Waals surface area contributed by atoms with E-state index in [9.17, 15) is 0 Å². The Morgan fingerprint density at radius 1 is 1.50 bits per heavy atom. The maximum atomic E-state index is 5.29. The standard InChI is InChI=1S/C9H10N4OS.HI/c10-9(11)12-4-6-5-14-8(13-6)7-2-1-3-15-7;/h1-3,5H,4H2,(H4,10,11,12);1H. The lowest BCUT2D eigenvalue weighted by Crippen LogP contribution is -2.22. The van der Waals surface area contributed by atoms with Crippen LogP contribution in [0, 0.1) is 0 Å². The monoisotopic (exact) mass is 350 g/mol. The number of rotatable bonds is 3. The van der Waals surface area contributed by atoms with E-state index in [2.05, 4.69) is 9.98 Å². The van der Waals surface area contributed by atoms with E-state index in [1.165, 1.54) is 0 Å². The van der Waals surface area contributed by atoms with Crippen molar-refractivity contribution >= 4 is 41.3 Å². The Hall–Kier alpha value is -1.09. The number of guanidine groups is 1. The highest BCUT2D eigenvalue weighted by Gasteiger charge is 2.06. The normalized spacial score (nSPS) is 9.50. The Bertz CT molecular complexity index is 462. The molecule has 0 aliphatic rings. The molecule has 0 radical (unpaired) electrons. The zero-order valence-corrected chi connectivity index (χ0v) is 11.4. The van der Waals surface area contributed by atoms with Crippen molar-refractivity contribution < 1.29 is 4.42 Å². The highest BCUT2D eigenvalue weighted by molar-refractivity contribution is 14.0. The molecule has 0 fully saturated rings. The second-order valence-corrected chi connectivity index (χ2v) is 3.81. The van der Waals surface area contributed by atoms with Crippen LogP contribution >= 0.6 is 35.3 Å². The fourth-order valence-corrected chi connectivity index (χ4v) is 1.72. The number of thiophene rings is 1. The van der Waals surface area contributed by atoms with Crippen LogP contribution in [0.3, 0.4) is 0 Å². The third-order valence-electron chi connectivity index (χ3n) is 1.71. The SMILES string of the molecule is I.NC(N)=NCc1coc(-c2cccs2)n1. The van der Waals surface area contributed by atoms with Crippen molar-refractivity contribution in [2.45, 2.75) is 6.54 Å². The molecule has 86 valence electrons. The molecule has 7 heteroatoms. The Balaban J connectivity index is 0.00000128. The maximum absolute atomic E-state index is 5.29. The molecule has 16 heavy (non-hydrogen) atoms. The van der Waals surface area contributed by atoms with Crippen molar-refractivity contribution in [3.63, 3.8) is 0 Å². The lowest BCUT2D eigenvalue weighted by atomic mass is 10.4. The molecule has 0 bridgehead atoms. The van der Waals surface area contributed by atoms with Crippen molar-refractivity contribution in [1.29, 1.82) is 0 Å². The van der Waals surface area contributed by atoms with Gasteiger partial charge in [-0.25, -0.2) is 9.98 Å². The van der Waals surface area contributed by atoms with Gasteiger partial charge in [0.05, 0.1) is 11.4 Å². The number of hydrogen-bond donors (Lipinski definition) is 2. The van der Waals surface area contributed by atoms with Gasteiger partial charge in [0.1, 0.15) is 12.0 Å².